The molecule has 0 radical (unpaired) electrons. The van der Waals surface area contributed by atoms with Crippen LogP contribution in [0.1, 0.15) is 37.5 Å². The lowest BCUT2D eigenvalue weighted by atomic mass is 10.0. The molecule has 0 spiro atoms. The summed E-state index contributed by atoms with van der Waals surface area (Å²) in [5.74, 6) is 0.981. The van der Waals surface area contributed by atoms with Crippen LogP contribution in [-0.4, -0.2) is 12.1 Å². The molecular formula is C16H25NO. The Morgan fingerprint density at radius 1 is 1.22 bits per heavy atom. The van der Waals surface area contributed by atoms with Crippen LogP contribution in [0.4, 0.5) is 0 Å². The Morgan fingerprint density at radius 2 is 1.78 bits per heavy atom. The highest BCUT2D eigenvalue weighted by molar-refractivity contribution is 5.43. The summed E-state index contributed by atoms with van der Waals surface area (Å²) >= 11 is 0. The second-order valence-corrected chi connectivity index (χ2v) is 5.76. The van der Waals surface area contributed by atoms with E-state index in [9.17, 15) is 0 Å². The summed E-state index contributed by atoms with van der Waals surface area (Å²) < 4.78 is 5.68. The quantitative estimate of drug-likeness (QED) is 0.800. The van der Waals surface area contributed by atoms with Crippen molar-refractivity contribution in [2.24, 2.45) is 0 Å². The molecule has 0 aromatic heterocycles. The highest BCUT2D eigenvalue weighted by Gasteiger charge is 2.10. The van der Waals surface area contributed by atoms with Crippen molar-refractivity contribution in [3.8, 4) is 5.75 Å². The lowest BCUT2D eigenvalue weighted by Gasteiger charge is -2.21. The van der Waals surface area contributed by atoms with Gasteiger partial charge in [0, 0.05) is 12.1 Å². The summed E-state index contributed by atoms with van der Waals surface area (Å²) in [6.45, 7) is 15.8. The highest BCUT2D eigenvalue weighted by atomic mass is 16.5. The van der Waals surface area contributed by atoms with Gasteiger partial charge in [0.25, 0.3) is 0 Å². The summed E-state index contributed by atoms with van der Waals surface area (Å²) in [7, 11) is 0. The average Bonchev–Trinajstić information content (AvgIpc) is 2.24. The van der Waals surface area contributed by atoms with Crippen molar-refractivity contribution < 1.29 is 4.74 Å². The smallest absolute Gasteiger partial charge is 0.125 e. The average molecular weight is 247 g/mol. The summed E-state index contributed by atoms with van der Waals surface area (Å²) in [5.41, 5.74) is 3.80. The molecule has 1 aromatic rings. The Bertz CT molecular complexity index is 393. The zero-order valence-corrected chi connectivity index (χ0v) is 12.3. The standard InChI is InChI=1S/C16H25NO/c1-7-8-18-15-12(2)9-14(10-13(15)3)11-17-16(4,5)6/h7,9-10,17H,1,8,11H2,2-6H3. The Morgan fingerprint density at radius 3 is 2.22 bits per heavy atom. The van der Waals surface area contributed by atoms with Gasteiger partial charge in [-0.1, -0.05) is 24.8 Å². The van der Waals surface area contributed by atoms with Crippen LogP contribution >= 0.6 is 0 Å². The number of ether oxygens (including phenoxy) is 1. The summed E-state index contributed by atoms with van der Waals surface area (Å²) in [6.07, 6.45) is 1.77. The molecule has 0 unspecified atom stereocenters. The number of hydrogen-bond donors (Lipinski definition) is 1. The molecule has 1 aromatic carbocycles. The van der Waals surface area contributed by atoms with Crippen LogP contribution in [0.5, 0.6) is 5.75 Å². The molecule has 0 aliphatic heterocycles. The normalized spacial score (nSPS) is 11.4. The van der Waals surface area contributed by atoms with Gasteiger partial charge in [0.05, 0.1) is 0 Å². The maximum atomic E-state index is 5.68. The maximum absolute atomic E-state index is 5.68. The van der Waals surface area contributed by atoms with E-state index in [1.54, 1.807) is 6.08 Å². The van der Waals surface area contributed by atoms with Gasteiger partial charge in [-0.15, -0.1) is 0 Å². The van der Waals surface area contributed by atoms with Crippen molar-refractivity contribution >= 4 is 0 Å². The third-order valence-corrected chi connectivity index (χ3v) is 2.69. The van der Waals surface area contributed by atoms with E-state index in [0.29, 0.717) is 6.61 Å². The molecule has 18 heavy (non-hydrogen) atoms. The van der Waals surface area contributed by atoms with Crippen molar-refractivity contribution in [1.29, 1.82) is 0 Å². The largest absolute Gasteiger partial charge is 0.489 e. The Kier molecular flexibility index (Phi) is 4.97. The second kappa shape index (κ2) is 6.05. The Labute approximate surface area is 111 Å². The molecule has 2 nitrogen and oxygen atoms in total. The van der Waals surface area contributed by atoms with Gasteiger partial charge in [-0.25, -0.2) is 0 Å². The predicted octanol–water partition coefficient (Wildman–Crippen LogP) is 3.76. The lowest BCUT2D eigenvalue weighted by molar-refractivity contribution is 0.357. The van der Waals surface area contributed by atoms with Crippen molar-refractivity contribution in [3.05, 3.63) is 41.5 Å². The van der Waals surface area contributed by atoms with E-state index in [0.717, 1.165) is 12.3 Å². The van der Waals surface area contributed by atoms with Crippen molar-refractivity contribution in [2.45, 2.75) is 46.7 Å². The minimum absolute atomic E-state index is 0.139. The first-order chi connectivity index (χ1) is 8.33. The summed E-state index contributed by atoms with van der Waals surface area (Å²) in [5, 5.41) is 3.50. The number of rotatable bonds is 5. The van der Waals surface area contributed by atoms with Crippen LogP contribution in [0, 0.1) is 13.8 Å². The van der Waals surface area contributed by atoms with E-state index in [4.69, 9.17) is 4.74 Å². The predicted molar refractivity (Wildman–Crippen MR) is 78.2 cm³/mol. The number of aryl methyl sites for hydroxylation is 2. The summed E-state index contributed by atoms with van der Waals surface area (Å²) in [6, 6.07) is 4.37. The third-order valence-electron chi connectivity index (χ3n) is 2.69. The fourth-order valence-corrected chi connectivity index (χ4v) is 1.88. The molecule has 0 aliphatic rings. The molecule has 100 valence electrons. The van der Waals surface area contributed by atoms with Crippen molar-refractivity contribution in [3.63, 3.8) is 0 Å². The lowest BCUT2D eigenvalue weighted by Crippen LogP contribution is -2.35. The molecular weight excluding hydrogens is 222 g/mol. The van der Waals surface area contributed by atoms with Gasteiger partial charge in [0.2, 0.25) is 0 Å². The number of nitrogens with one attached hydrogen (secondary N) is 1. The first-order valence-electron chi connectivity index (χ1n) is 6.42. The van der Waals surface area contributed by atoms with E-state index < -0.39 is 0 Å². The number of benzene rings is 1. The van der Waals surface area contributed by atoms with E-state index >= 15 is 0 Å². The molecule has 0 saturated carbocycles. The van der Waals surface area contributed by atoms with Gasteiger partial charge in [0.1, 0.15) is 12.4 Å². The van der Waals surface area contributed by atoms with Crippen LogP contribution in [0.25, 0.3) is 0 Å². The molecule has 0 aliphatic carbocycles. The van der Waals surface area contributed by atoms with Crippen molar-refractivity contribution in [1.82, 2.24) is 5.32 Å². The van der Waals surface area contributed by atoms with Crippen LogP contribution in [0.2, 0.25) is 0 Å². The molecule has 0 amide bonds. The first-order valence-corrected chi connectivity index (χ1v) is 6.42. The topological polar surface area (TPSA) is 21.3 Å². The monoisotopic (exact) mass is 247 g/mol. The molecule has 0 bridgehead atoms. The van der Waals surface area contributed by atoms with Crippen LogP contribution in [0.15, 0.2) is 24.8 Å². The fourth-order valence-electron chi connectivity index (χ4n) is 1.88. The van der Waals surface area contributed by atoms with Gasteiger partial charge >= 0.3 is 0 Å². The van der Waals surface area contributed by atoms with E-state index in [1.807, 2.05) is 0 Å². The highest BCUT2D eigenvalue weighted by Crippen LogP contribution is 2.25. The van der Waals surface area contributed by atoms with Crippen LogP contribution in [0.3, 0.4) is 0 Å². The van der Waals surface area contributed by atoms with Crippen LogP contribution < -0.4 is 10.1 Å². The zero-order chi connectivity index (χ0) is 13.8. The molecule has 0 atom stereocenters. The van der Waals surface area contributed by atoms with Gasteiger partial charge in [-0.2, -0.15) is 0 Å². The Balaban J connectivity index is 2.82. The van der Waals surface area contributed by atoms with E-state index in [-0.39, 0.29) is 5.54 Å². The minimum atomic E-state index is 0.139. The molecule has 0 fully saturated rings. The zero-order valence-electron chi connectivity index (χ0n) is 12.3. The van der Waals surface area contributed by atoms with E-state index in [1.165, 1.54) is 16.7 Å². The fraction of sp³-hybridized carbons (Fsp3) is 0.500. The third kappa shape index (κ3) is 4.53. The van der Waals surface area contributed by atoms with Gasteiger partial charge < -0.3 is 10.1 Å². The number of hydrogen-bond acceptors (Lipinski definition) is 2. The molecule has 2 heteroatoms. The van der Waals surface area contributed by atoms with Crippen molar-refractivity contribution in [2.75, 3.05) is 6.61 Å². The van der Waals surface area contributed by atoms with E-state index in [2.05, 4.69) is 58.6 Å². The minimum Gasteiger partial charge on any atom is -0.489 e. The molecule has 0 heterocycles. The molecule has 0 saturated heterocycles. The summed E-state index contributed by atoms with van der Waals surface area (Å²) in [4.78, 5) is 0. The van der Waals surface area contributed by atoms with Gasteiger partial charge in [-0.3, -0.25) is 0 Å². The Hall–Kier alpha value is -1.28. The second-order valence-electron chi connectivity index (χ2n) is 5.76. The van der Waals surface area contributed by atoms with Gasteiger partial charge in [-0.05, 0) is 51.3 Å². The molecule has 1 rings (SSSR count). The first kappa shape index (κ1) is 14.8. The SMILES string of the molecule is C=CCOc1c(C)cc(CNC(C)(C)C)cc1C. The maximum Gasteiger partial charge on any atom is 0.125 e. The molecule has 1 N–H and O–H groups in total. The van der Waals surface area contributed by atoms with Gasteiger partial charge in [0.15, 0.2) is 0 Å². The van der Waals surface area contributed by atoms with Crippen LogP contribution in [-0.2, 0) is 6.54 Å².